The number of benzene rings is 1. The largest absolute Gasteiger partial charge is 0.470 e. The predicted molar refractivity (Wildman–Crippen MR) is 250 cm³/mol. The average Bonchev–Trinajstić information content (AvgIpc) is 3.88. The second kappa shape index (κ2) is 19.8. The number of rotatable bonds is 16. The van der Waals surface area contributed by atoms with E-state index in [2.05, 4.69) is 82.5 Å². The van der Waals surface area contributed by atoms with Gasteiger partial charge in [-0.1, -0.05) is 33.8 Å². The number of hydrazine groups is 1. The first-order chi connectivity index (χ1) is 30.5. The molecule has 7 heterocycles. The zero-order valence-electron chi connectivity index (χ0n) is 38.8. The number of nitrogens with zero attached hydrogens (tertiary/aromatic N) is 7. The summed E-state index contributed by atoms with van der Waals surface area (Å²) in [5.41, 5.74) is 8.93. The zero-order chi connectivity index (χ0) is 46.0. The first-order valence-corrected chi connectivity index (χ1v) is 23.9. The Bertz CT molecular complexity index is 2330. The van der Waals surface area contributed by atoms with Crippen molar-refractivity contribution in [2.24, 2.45) is 11.3 Å². The van der Waals surface area contributed by atoms with Gasteiger partial charge in [0.15, 0.2) is 10.2 Å². The summed E-state index contributed by atoms with van der Waals surface area (Å²) in [4.78, 5) is 69.9. The fourth-order valence-electron chi connectivity index (χ4n) is 9.70. The summed E-state index contributed by atoms with van der Waals surface area (Å²) in [6.45, 7) is 15.6. The fraction of sp³-hybridized carbons (Fsp3) is 0.574. The highest BCUT2D eigenvalue weighted by atomic mass is 32.1. The van der Waals surface area contributed by atoms with E-state index < -0.39 is 23.1 Å². The minimum atomic E-state index is -0.910. The van der Waals surface area contributed by atoms with Crippen molar-refractivity contribution < 1.29 is 28.7 Å². The van der Waals surface area contributed by atoms with Crippen LogP contribution in [0.25, 0.3) is 33.4 Å². The fourth-order valence-corrected chi connectivity index (χ4v) is 10.6. The summed E-state index contributed by atoms with van der Waals surface area (Å²) in [5.74, 6) is -0.797. The number of carbonyl (C=O) groups excluding carboxylic acids is 4. The van der Waals surface area contributed by atoms with Crippen molar-refractivity contribution in [2.75, 3.05) is 54.0 Å². The van der Waals surface area contributed by atoms with E-state index in [1.165, 1.54) is 11.3 Å². The van der Waals surface area contributed by atoms with Gasteiger partial charge in [0, 0.05) is 104 Å². The quantitative estimate of drug-likeness (QED) is 0.127. The Morgan fingerprint density at radius 1 is 1.11 bits per heavy atom. The molecule has 8 rings (SSSR count). The maximum Gasteiger partial charge on any atom is 0.320 e. The molecule has 2 bridgehead atoms. The molecule has 0 spiro atoms. The smallest absolute Gasteiger partial charge is 0.320 e. The number of piperidine rings is 1. The van der Waals surface area contributed by atoms with Gasteiger partial charge < -0.3 is 29.2 Å². The summed E-state index contributed by atoms with van der Waals surface area (Å²) >= 11 is 1.45. The Morgan fingerprint density at radius 3 is 2.50 bits per heavy atom. The number of amides is 4. The minimum absolute atomic E-state index is 0.167. The van der Waals surface area contributed by atoms with Gasteiger partial charge in [0.25, 0.3) is 11.5 Å². The molecule has 17 heteroatoms. The van der Waals surface area contributed by atoms with E-state index >= 15 is 0 Å². The molecule has 0 saturated carbocycles. The maximum absolute atomic E-state index is 14.3. The highest BCUT2D eigenvalue weighted by Crippen LogP contribution is 2.42. The number of carbonyl (C=O) groups is 4. The molecule has 4 aromatic rings. The lowest BCUT2D eigenvalue weighted by Gasteiger charge is -2.55. The molecule has 0 aliphatic carbocycles. The lowest BCUT2D eigenvalue weighted by molar-refractivity contribution is -0.141. The van der Waals surface area contributed by atoms with Crippen molar-refractivity contribution in [2.45, 2.75) is 110 Å². The lowest BCUT2D eigenvalue weighted by Crippen LogP contribution is -2.69. The van der Waals surface area contributed by atoms with E-state index in [0.717, 1.165) is 63.9 Å². The SMILES string of the molecule is CCn1c(-c2cccnc2[C@H](C)OC)c(CC(C)(C)COC(=O)[Si])c2cc(-c3csc(C[C@H](NC(=O)[C@H](C(C)C)N(C)C(=O)N4CC5CC(C4)N5C)C(=O)N4CCCCN4)n3)ccc21. The number of hydrogen-bond donors (Lipinski definition) is 2. The zero-order valence-corrected chi connectivity index (χ0v) is 40.6. The molecule has 15 nitrogen and oxygen atoms in total. The van der Waals surface area contributed by atoms with Crippen molar-refractivity contribution >= 4 is 55.9 Å². The van der Waals surface area contributed by atoms with E-state index in [9.17, 15) is 19.2 Å². The van der Waals surface area contributed by atoms with Crippen LogP contribution < -0.4 is 10.7 Å². The van der Waals surface area contributed by atoms with Crippen LogP contribution >= 0.6 is 11.3 Å². The van der Waals surface area contributed by atoms with Crippen LogP contribution in [0.5, 0.6) is 0 Å². The van der Waals surface area contributed by atoms with Crippen LogP contribution in [0.2, 0.25) is 0 Å². The number of fused-ring (bicyclic) bond motifs is 3. The van der Waals surface area contributed by atoms with Crippen LogP contribution in [0, 0.1) is 11.3 Å². The summed E-state index contributed by atoms with van der Waals surface area (Å²) in [6.07, 6.45) is 5.22. The van der Waals surface area contributed by atoms with Gasteiger partial charge in [0.1, 0.15) is 12.1 Å². The van der Waals surface area contributed by atoms with E-state index in [1.54, 1.807) is 30.3 Å². The molecule has 2 N–H and O–H groups in total. The highest BCUT2D eigenvalue weighted by Gasteiger charge is 2.45. The van der Waals surface area contributed by atoms with Crippen LogP contribution in [0.15, 0.2) is 41.9 Å². The van der Waals surface area contributed by atoms with Crippen molar-refractivity contribution in [3.8, 4) is 22.5 Å². The van der Waals surface area contributed by atoms with Crippen LogP contribution in [0.3, 0.4) is 0 Å². The molecule has 343 valence electrons. The van der Waals surface area contributed by atoms with E-state index in [1.807, 2.05) is 37.1 Å². The van der Waals surface area contributed by atoms with Crippen molar-refractivity contribution in [1.29, 1.82) is 0 Å². The number of methoxy groups -OCH3 is 1. The number of likely N-dealkylation sites (N-methyl/N-ethyl adjacent to an activating group) is 2. The molecule has 2 unspecified atom stereocenters. The second-order valence-corrected chi connectivity index (χ2v) is 20.1. The van der Waals surface area contributed by atoms with Gasteiger partial charge in [0.05, 0.1) is 34.8 Å². The van der Waals surface area contributed by atoms with Gasteiger partial charge in [0.2, 0.25) is 5.91 Å². The molecule has 1 aromatic carbocycles. The van der Waals surface area contributed by atoms with Gasteiger partial charge in [-0.15, -0.1) is 11.3 Å². The highest BCUT2D eigenvalue weighted by molar-refractivity contribution is 7.10. The first-order valence-electron chi connectivity index (χ1n) is 22.6. The topological polar surface area (TPSA) is 154 Å². The van der Waals surface area contributed by atoms with Gasteiger partial charge in [-0.2, -0.15) is 0 Å². The number of thiazole rings is 1. The van der Waals surface area contributed by atoms with Crippen molar-refractivity contribution in [3.05, 3.63) is 58.2 Å². The van der Waals surface area contributed by atoms with Gasteiger partial charge >= 0.3 is 6.03 Å². The molecule has 5 atom stereocenters. The third kappa shape index (κ3) is 9.93. The number of pyridine rings is 1. The molecule has 4 fully saturated rings. The molecule has 4 amide bonds. The van der Waals surface area contributed by atoms with Crippen LogP contribution in [0.4, 0.5) is 9.59 Å². The number of aryl methyl sites for hydroxylation is 1. The maximum atomic E-state index is 14.3. The Balaban J connectivity index is 1.20. The first kappa shape index (κ1) is 47.3. The number of aromatic nitrogens is 3. The molecule has 4 aliphatic heterocycles. The van der Waals surface area contributed by atoms with Crippen LogP contribution in [0.1, 0.15) is 83.2 Å². The molecule has 4 saturated heterocycles. The average molecular weight is 911 g/mol. The number of hydrogen-bond acceptors (Lipinski definition) is 11. The normalized spacial score (nSPS) is 19.3. The third-order valence-corrected chi connectivity index (χ3v) is 14.2. The third-order valence-electron chi connectivity index (χ3n) is 13.2. The molecule has 3 radical (unpaired) electrons. The monoisotopic (exact) mass is 910 g/mol. The van der Waals surface area contributed by atoms with Crippen molar-refractivity contribution in [3.63, 3.8) is 0 Å². The molecular formula is C47H64N9O6SSi. The van der Waals surface area contributed by atoms with Gasteiger partial charge in [-0.25, -0.2) is 15.2 Å². The Morgan fingerprint density at radius 2 is 1.86 bits per heavy atom. The van der Waals surface area contributed by atoms with Crippen molar-refractivity contribution in [1.82, 2.24) is 45.0 Å². The van der Waals surface area contributed by atoms with Crippen LogP contribution in [-0.2, 0) is 38.4 Å². The van der Waals surface area contributed by atoms with Crippen LogP contribution in [-0.4, -0.2) is 146 Å². The summed E-state index contributed by atoms with van der Waals surface area (Å²) in [7, 11) is 8.47. The summed E-state index contributed by atoms with van der Waals surface area (Å²) in [5, 5.41) is 8.46. The second-order valence-electron chi connectivity index (χ2n) is 18.7. The summed E-state index contributed by atoms with van der Waals surface area (Å²) in [6, 6.07) is 9.25. The summed E-state index contributed by atoms with van der Waals surface area (Å²) < 4.78 is 13.6. The molecule has 64 heavy (non-hydrogen) atoms. The number of urea groups is 1. The predicted octanol–water partition coefficient (Wildman–Crippen LogP) is 6.05. The van der Waals surface area contributed by atoms with Gasteiger partial charge in [-0.05, 0) is 82.3 Å². The standard InChI is InChI=1S/C47H64N9O6SSi/c1-10-55-38-16-15-30(20-34(38)35(23-47(5,6)27-62-46(60)64)42(55)33-14-13-17-48-40(33)29(4)61-9)37-26-63-39(50-37)22-36(44(58)56-19-12-11-18-49-56)51-43(57)41(28(2)3)53(8)45(59)54-24-31-21-32(25-54)52(31)7/h13-17,20,26,28-29,31-32,36,41,49H,10-12,18-19,21-25,27H2,1-9H3,(H,51,57)/t29-,31?,32?,36-,41-/m0/s1. The Labute approximate surface area is 384 Å². The minimum Gasteiger partial charge on any atom is -0.470 e. The van der Waals surface area contributed by atoms with E-state index in [4.69, 9.17) is 19.4 Å². The molecule has 3 aromatic heterocycles. The Hall–Kier alpha value is -4.68. The van der Waals surface area contributed by atoms with E-state index in [-0.39, 0.29) is 42.9 Å². The Kier molecular flexibility index (Phi) is 14.6. The number of ether oxygens (including phenoxy) is 2. The molecule has 4 aliphatic rings. The number of piperazine rings is 1. The lowest BCUT2D eigenvalue weighted by atomic mass is 9.84. The van der Waals surface area contributed by atoms with E-state index in [0.29, 0.717) is 56.2 Å². The molecular weight excluding hydrogens is 847 g/mol. The van der Waals surface area contributed by atoms with Gasteiger partial charge in [-0.3, -0.25) is 29.3 Å². The number of nitrogens with one attached hydrogen (secondary N) is 2.